The van der Waals surface area contributed by atoms with Gasteiger partial charge in [-0.05, 0) is 12.8 Å². The van der Waals surface area contributed by atoms with Crippen LogP contribution >= 0.6 is 0 Å². The van der Waals surface area contributed by atoms with Crippen LogP contribution in [0.15, 0.2) is 0 Å². The molecule has 1 fully saturated rings. The molecule has 0 atom stereocenters. The van der Waals surface area contributed by atoms with Crippen LogP contribution in [0.5, 0.6) is 0 Å². The van der Waals surface area contributed by atoms with Crippen LogP contribution in [-0.2, 0) is 9.47 Å². The number of rotatable bonds is 3. The molecule has 1 aliphatic rings. The Bertz CT molecular complexity index is 102. The van der Waals surface area contributed by atoms with Gasteiger partial charge in [0.05, 0.1) is 13.2 Å². The zero-order valence-corrected chi connectivity index (χ0v) is 7.01. The molecule has 0 unspecified atom stereocenters. The van der Waals surface area contributed by atoms with Crippen molar-refractivity contribution in [3.05, 3.63) is 0 Å². The van der Waals surface area contributed by atoms with Gasteiger partial charge in [0.15, 0.2) is 5.79 Å². The first-order valence-electron chi connectivity index (χ1n) is 4.22. The largest absolute Gasteiger partial charge is 0.396 e. The summed E-state index contributed by atoms with van der Waals surface area (Å²) in [7, 11) is 0. The average molecular weight is 160 g/mol. The lowest BCUT2D eigenvalue weighted by Gasteiger charge is -2.35. The number of hydrogen-bond acceptors (Lipinski definition) is 3. The van der Waals surface area contributed by atoms with Crippen molar-refractivity contribution < 1.29 is 14.6 Å². The van der Waals surface area contributed by atoms with Crippen molar-refractivity contribution in [2.24, 2.45) is 0 Å². The van der Waals surface area contributed by atoms with E-state index in [1.807, 2.05) is 6.92 Å². The van der Waals surface area contributed by atoms with E-state index >= 15 is 0 Å². The van der Waals surface area contributed by atoms with Crippen molar-refractivity contribution >= 4 is 0 Å². The Balaban J connectivity index is 2.42. The molecule has 0 radical (unpaired) electrons. The first-order chi connectivity index (χ1) is 5.33. The van der Waals surface area contributed by atoms with Crippen LogP contribution in [0.1, 0.15) is 26.2 Å². The second-order valence-electron chi connectivity index (χ2n) is 2.79. The van der Waals surface area contributed by atoms with Gasteiger partial charge in [0.1, 0.15) is 0 Å². The first kappa shape index (κ1) is 8.97. The normalized spacial score (nSPS) is 23.5. The van der Waals surface area contributed by atoms with E-state index in [0.29, 0.717) is 6.42 Å². The van der Waals surface area contributed by atoms with Crippen molar-refractivity contribution in [3.63, 3.8) is 0 Å². The number of ether oxygens (including phenoxy) is 2. The smallest absolute Gasteiger partial charge is 0.170 e. The van der Waals surface area contributed by atoms with Crippen LogP contribution in [0.4, 0.5) is 0 Å². The molecule has 3 heteroatoms. The maximum atomic E-state index is 8.75. The summed E-state index contributed by atoms with van der Waals surface area (Å²) in [5, 5.41) is 8.75. The number of hydrogen-bond donors (Lipinski definition) is 1. The number of aliphatic hydroxyl groups excluding tert-OH is 1. The Morgan fingerprint density at radius 3 is 2.45 bits per heavy atom. The third-order valence-corrected chi connectivity index (χ3v) is 2.05. The predicted octanol–water partition coefficient (Wildman–Crippen LogP) is 0.912. The van der Waals surface area contributed by atoms with Gasteiger partial charge in [-0.1, -0.05) is 6.92 Å². The lowest BCUT2D eigenvalue weighted by atomic mass is 10.1. The summed E-state index contributed by atoms with van der Waals surface area (Å²) in [5.74, 6) is -0.479. The van der Waals surface area contributed by atoms with Crippen molar-refractivity contribution in [2.45, 2.75) is 32.0 Å². The van der Waals surface area contributed by atoms with E-state index in [1.165, 1.54) is 0 Å². The molecule has 0 aliphatic carbocycles. The van der Waals surface area contributed by atoms with Gasteiger partial charge < -0.3 is 14.6 Å². The fourth-order valence-electron chi connectivity index (χ4n) is 1.31. The molecule has 0 bridgehead atoms. The maximum absolute atomic E-state index is 8.75. The molecule has 1 saturated heterocycles. The topological polar surface area (TPSA) is 38.7 Å². The van der Waals surface area contributed by atoms with E-state index in [4.69, 9.17) is 14.6 Å². The van der Waals surface area contributed by atoms with Crippen LogP contribution < -0.4 is 0 Å². The molecule has 0 aromatic rings. The molecule has 1 rings (SSSR count). The molecule has 0 amide bonds. The highest BCUT2D eigenvalue weighted by Gasteiger charge is 2.31. The summed E-state index contributed by atoms with van der Waals surface area (Å²) in [5.41, 5.74) is 0. The lowest BCUT2D eigenvalue weighted by Crippen LogP contribution is -2.40. The third-order valence-electron chi connectivity index (χ3n) is 2.05. The summed E-state index contributed by atoms with van der Waals surface area (Å²) >= 11 is 0. The van der Waals surface area contributed by atoms with Gasteiger partial charge in [-0.2, -0.15) is 0 Å². The van der Waals surface area contributed by atoms with Crippen LogP contribution in [0.25, 0.3) is 0 Å². The van der Waals surface area contributed by atoms with Crippen LogP contribution in [0.3, 0.4) is 0 Å². The highest BCUT2D eigenvalue weighted by molar-refractivity contribution is 4.70. The van der Waals surface area contributed by atoms with E-state index < -0.39 is 5.79 Å². The SMILES string of the molecule is CCC1(CCO)OCCCO1. The van der Waals surface area contributed by atoms with Crippen LogP contribution in [0, 0.1) is 0 Å². The predicted molar refractivity (Wildman–Crippen MR) is 41.2 cm³/mol. The minimum Gasteiger partial charge on any atom is -0.396 e. The molecular formula is C8H16O3. The van der Waals surface area contributed by atoms with Gasteiger partial charge in [0.25, 0.3) is 0 Å². The lowest BCUT2D eigenvalue weighted by molar-refractivity contribution is -0.273. The Morgan fingerprint density at radius 2 is 2.00 bits per heavy atom. The Labute approximate surface area is 67.3 Å². The molecule has 3 nitrogen and oxygen atoms in total. The minimum absolute atomic E-state index is 0.133. The molecule has 0 saturated carbocycles. The molecule has 0 spiro atoms. The second kappa shape index (κ2) is 4.04. The van der Waals surface area contributed by atoms with Gasteiger partial charge >= 0.3 is 0 Å². The maximum Gasteiger partial charge on any atom is 0.170 e. The van der Waals surface area contributed by atoms with E-state index in [1.54, 1.807) is 0 Å². The first-order valence-corrected chi connectivity index (χ1v) is 4.22. The molecule has 1 N–H and O–H groups in total. The van der Waals surface area contributed by atoms with Crippen molar-refractivity contribution in [2.75, 3.05) is 19.8 Å². The van der Waals surface area contributed by atoms with Crippen LogP contribution in [0.2, 0.25) is 0 Å². The van der Waals surface area contributed by atoms with Gasteiger partial charge in [0, 0.05) is 13.0 Å². The van der Waals surface area contributed by atoms with Gasteiger partial charge in [0.2, 0.25) is 0 Å². The zero-order chi connectivity index (χ0) is 8.16. The molecule has 66 valence electrons. The van der Waals surface area contributed by atoms with Crippen molar-refractivity contribution in [3.8, 4) is 0 Å². The zero-order valence-electron chi connectivity index (χ0n) is 7.01. The summed E-state index contributed by atoms with van der Waals surface area (Å²) in [6.45, 7) is 3.66. The molecule has 1 aliphatic heterocycles. The third kappa shape index (κ3) is 2.15. The van der Waals surface area contributed by atoms with Crippen molar-refractivity contribution in [1.29, 1.82) is 0 Å². The van der Waals surface area contributed by atoms with Crippen LogP contribution in [-0.4, -0.2) is 30.7 Å². The summed E-state index contributed by atoms with van der Waals surface area (Å²) in [4.78, 5) is 0. The summed E-state index contributed by atoms with van der Waals surface area (Å²) in [6, 6.07) is 0. The quantitative estimate of drug-likeness (QED) is 0.667. The fourth-order valence-corrected chi connectivity index (χ4v) is 1.31. The van der Waals surface area contributed by atoms with E-state index in [9.17, 15) is 0 Å². The Kier molecular flexibility index (Phi) is 3.30. The van der Waals surface area contributed by atoms with Crippen molar-refractivity contribution in [1.82, 2.24) is 0 Å². The highest BCUT2D eigenvalue weighted by atomic mass is 16.7. The Hall–Kier alpha value is -0.120. The number of aliphatic hydroxyl groups is 1. The van der Waals surface area contributed by atoms with Gasteiger partial charge in [-0.25, -0.2) is 0 Å². The standard InChI is InChI=1S/C8H16O3/c1-2-8(4-5-9)10-6-3-7-11-8/h9H,2-7H2,1H3. The summed E-state index contributed by atoms with van der Waals surface area (Å²) < 4.78 is 10.9. The van der Waals surface area contributed by atoms with E-state index in [-0.39, 0.29) is 6.61 Å². The van der Waals surface area contributed by atoms with Gasteiger partial charge in [-0.3, -0.25) is 0 Å². The van der Waals surface area contributed by atoms with E-state index in [2.05, 4.69) is 0 Å². The second-order valence-corrected chi connectivity index (χ2v) is 2.79. The molecular weight excluding hydrogens is 144 g/mol. The summed E-state index contributed by atoms with van der Waals surface area (Å²) in [6.07, 6.45) is 2.37. The highest BCUT2D eigenvalue weighted by Crippen LogP contribution is 2.25. The molecule has 0 aromatic heterocycles. The van der Waals surface area contributed by atoms with Gasteiger partial charge in [-0.15, -0.1) is 0 Å². The molecule has 11 heavy (non-hydrogen) atoms. The molecule has 1 heterocycles. The minimum atomic E-state index is -0.479. The van der Waals surface area contributed by atoms with E-state index in [0.717, 1.165) is 26.1 Å². The average Bonchev–Trinajstić information content (AvgIpc) is 2.07. The monoisotopic (exact) mass is 160 g/mol. The molecule has 0 aromatic carbocycles. The fraction of sp³-hybridized carbons (Fsp3) is 1.00. The Morgan fingerprint density at radius 1 is 1.36 bits per heavy atom.